The fraction of sp³-hybridized carbons (Fsp3) is 0.500. The van der Waals surface area contributed by atoms with Crippen molar-refractivity contribution in [3.05, 3.63) is 28.8 Å². The summed E-state index contributed by atoms with van der Waals surface area (Å²) in [6.07, 6.45) is 0. The van der Waals surface area contributed by atoms with E-state index in [1.165, 1.54) is 0 Å². The second kappa shape index (κ2) is 6.37. The molecule has 1 atom stereocenters. The fourth-order valence-electron chi connectivity index (χ4n) is 2.28. The average molecular weight is 283 g/mol. The Labute approximate surface area is 118 Å². The van der Waals surface area contributed by atoms with Crippen LogP contribution in [0.4, 0.5) is 0 Å². The summed E-state index contributed by atoms with van der Waals surface area (Å²) in [5, 5.41) is 3.73. The number of piperazine rings is 1. The monoisotopic (exact) mass is 282 g/mol. The first-order chi connectivity index (χ1) is 9.13. The van der Waals surface area contributed by atoms with Crippen LogP contribution in [0.3, 0.4) is 0 Å². The second-order valence-corrected chi connectivity index (χ2v) is 5.08. The summed E-state index contributed by atoms with van der Waals surface area (Å²) < 4.78 is 5.09. The van der Waals surface area contributed by atoms with E-state index in [1.54, 1.807) is 25.3 Å². The zero-order valence-electron chi connectivity index (χ0n) is 11.3. The Morgan fingerprint density at radius 1 is 1.42 bits per heavy atom. The maximum atomic E-state index is 12.5. The molecule has 0 radical (unpaired) electrons. The number of rotatable bonds is 4. The van der Waals surface area contributed by atoms with Gasteiger partial charge in [-0.15, -0.1) is 0 Å². The molecule has 1 heterocycles. The van der Waals surface area contributed by atoms with E-state index in [9.17, 15) is 4.79 Å². The zero-order chi connectivity index (χ0) is 13.8. The topological polar surface area (TPSA) is 41.6 Å². The van der Waals surface area contributed by atoms with Gasteiger partial charge in [0.25, 0.3) is 0 Å². The molecular formula is C14H19ClN2O2. The summed E-state index contributed by atoms with van der Waals surface area (Å²) in [4.78, 5) is 14.7. The SMILES string of the molecule is COc1ccc(C(=O)C(C)N2CCNCC2)c(Cl)c1. The van der Waals surface area contributed by atoms with E-state index in [0.29, 0.717) is 16.3 Å². The summed E-state index contributed by atoms with van der Waals surface area (Å²) >= 11 is 6.15. The molecule has 0 aliphatic carbocycles. The molecule has 1 aliphatic rings. The van der Waals surface area contributed by atoms with Crippen molar-refractivity contribution in [3.63, 3.8) is 0 Å². The molecule has 4 nitrogen and oxygen atoms in total. The third-order valence-electron chi connectivity index (χ3n) is 3.52. The lowest BCUT2D eigenvalue weighted by atomic mass is 10.0. The van der Waals surface area contributed by atoms with Crippen molar-refractivity contribution in [2.75, 3.05) is 33.3 Å². The van der Waals surface area contributed by atoms with E-state index in [4.69, 9.17) is 16.3 Å². The van der Waals surface area contributed by atoms with Crippen molar-refractivity contribution in [2.24, 2.45) is 0 Å². The first-order valence-corrected chi connectivity index (χ1v) is 6.84. The van der Waals surface area contributed by atoms with E-state index in [-0.39, 0.29) is 11.8 Å². The van der Waals surface area contributed by atoms with Crippen molar-refractivity contribution in [3.8, 4) is 5.75 Å². The number of carbonyl (C=O) groups excluding carboxylic acids is 1. The summed E-state index contributed by atoms with van der Waals surface area (Å²) in [6, 6.07) is 5.04. The molecule has 0 amide bonds. The first-order valence-electron chi connectivity index (χ1n) is 6.46. The maximum absolute atomic E-state index is 12.5. The van der Waals surface area contributed by atoms with Gasteiger partial charge in [-0.2, -0.15) is 0 Å². The van der Waals surface area contributed by atoms with Gasteiger partial charge in [0.05, 0.1) is 18.2 Å². The highest BCUT2D eigenvalue weighted by molar-refractivity contribution is 6.34. The van der Waals surface area contributed by atoms with Crippen LogP contribution in [-0.4, -0.2) is 50.0 Å². The van der Waals surface area contributed by atoms with Gasteiger partial charge in [0.2, 0.25) is 0 Å². The maximum Gasteiger partial charge on any atom is 0.181 e. The second-order valence-electron chi connectivity index (χ2n) is 4.67. The van der Waals surface area contributed by atoms with Crippen molar-refractivity contribution in [1.29, 1.82) is 0 Å². The molecule has 1 aliphatic heterocycles. The van der Waals surface area contributed by atoms with Crippen LogP contribution in [0, 0.1) is 0 Å². The van der Waals surface area contributed by atoms with E-state index in [0.717, 1.165) is 26.2 Å². The number of Topliss-reactive ketones (excluding diaryl/α,β-unsaturated/α-hetero) is 1. The number of nitrogens with one attached hydrogen (secondary N) is 1. The van der Waals surface area contributed by atoms with Crippen LogP contribution in [-0.2, 0) is 0 Å². The van der Waals surface area contributed by atoms with Gasteiger partial charge in [0.1, 0.15) is 5.75 Å². The number of nitrogens with zero attached hydrogens (tertiary/aromatic N) is 1. The molecule has 0 bridgehead atoms. The number of carbonyl (C=O) groups is 1. The van der Waals surface area contributed by atoms with Crippen LogP contribution in [0.2, 0.25) is 5.02 Å². The van der Waals surface area contributed by atoms with Crippen molar-refractivity contribution in [2.45, 2.75) is 13.0 Å². The Morgan fingerprint density at radius 2 is 2.11 bits per heavy atom. The molecule has 0 saturated carbocycles. The number of methoxy groups -OCH3 is 1. The normalized spacial score (nSPS) is 18.1. The molecule has 2 rings (SSSR count). The van der Waals surface area contributed by atoms with Crippen LogP contribution in [0.25, 0.3) is 0 Å². The summed E-state index contributed by atoms with van der Waals surface area (Å²) in [5.74, 6) is 0.728. The number of ether oxygens (including phenoxy) is 1. The Balaban J connectivity index is 2.14. The average Bonchev–Trinajstić information content (AvgIpc) is 2.46. The Bertz CT molecular complexity index is 459. The van der Waals surface area contributed by atoms with Crippen LogP contribution < -0.4 is 10.1 Å². The third-order valence-corrected chi connectivity index (χ3v) is 3.83. The fourth-order valence-corrected chi connectivity index (χ4v) is 2.55. The van der Waals surface area contributed by atoms with Gasteiger partial charge in [0, 0.05) is 31.7 Å². The lowest BCUT2D eigenvalue weighted by Crippen LogP contribution is -2.50. The number of ketones is 1. The minimum Gasteiger partial charge on any atom is -0.497 e. The lowest BCUT2D eigenvalue weighted by Gasteiger charge is -2.32. The predicted molar refractivity (Wildman–Crippen MR) is 76.2 cm³/mol. The molecule has 1 aromatic carbocycles. The minimum atomic E-state index is -0.145. The summed E-state index contributed by atoms with van der Waals surface area (Å²) in [7, 11) is 1.58. The number of hydrogen-bond acceptors (Lipinski definition) is 4. The molecule has 0 spiro atoms. The van der Waals surface area contributed by atoms with Gasteiger partial charge in [-0.3, -0.25) is 9.69 Å². The molecule has 19 heavy (non-hydrogen) atoms. The van der Waals surface area contributed by atoms with Gasteiger partial charge in [-0.1, -0.05) is 11.6 Å². The molecule has 104 valence electrons. The highest BCUT2D eigenvalue weighted by atomic mass is 35.5. The van der Waals surface area contributed by atoms with Crippen LogP contribution in [0.15, 0.2) is 18.2 Å². The molecule has 0 aromatic heterocycles. The summed E-state index contributed by atoms with van der Waals surface area (Å²) in [6.45, 7) is 5.57. The molecule has 1 fully saturated rings. The highest BCUT2D eigenvalue weighted by Gasteiger charge is 2.25. The molecule has 1 saturated heterocycles. The zero-order valence-corrected chi connectivity index (χ0v) is 12.0. The Kier molecular flexibility index (Phi) is 4.80. The number of halogens is 1. The molecule has 1 N–H and O–H groups in total. The minimum absolute atomic E-state index is 0.0644. The largest absolute Gasteiger partial charge is 0.497 e. The standard InChI is InChI=1S/C14H19ClN2O2/c1-10(17-7-5-16-6-8-17)14(18)12-4-3-11(19-2)9-13(12)15/h3-4,9-10,16H,5-8H2,1-2H3. The Hall–Kier alpha value is -1.10. The number of benzene rings is 1. The molecule has 1 aromatic rings. The van der Waals surface area contributed by atoms with E-state index in [1.807, 2.05) is 6.92 Å². The van der Waals surface area contributed by atoms with Crippen molar-refractivity contribution in [1.82, 2.24) is 10.2 Å². The first kappa shape index (κ1) is 14.3. The van der Waals surface area contributed by atoms with Crippen LogP contribution >= 0.6 is 11.6 Å². The lowest BCUT2D eigenvalue weighted by molar-refractivity contribution is 0.0820. The van der Waals surface area contributed by atoms with Gasteiger partial charge in [-0.05, 0) is 25.1 Å². The quantitative estimate of drug-likeness (QED) is 0.856. The molecule has 1 unspecified atom stereocenters. The van der Waals surface area contributed by atoms with Gasteiger partial charge >= 0.3 is 0 Å². The van der Waals surface area contributed by atoms with E-state index in [2.05, 4.69) is 10.2 Å². The van der Waals surface area contributed by atoms with Crippen molar-refractivity contribution >= 4 is 17.4 Å². The number of hydrogen-bond donors (Lipinski definition) is 1. The van der Waals surface area contributed by atoms with Crippen LogP contribution in [0.5, 0.6) is 5.75 Å². The van der Waals surface area contributed by atoms with Crippen LogP contribution in [0.1, 0.15) is 17.3 Å². The smallest absolute Gasteiger partial charge is 0.181 e. The van der Waals surface area contributed by atoms with Gasteiger partial charge in [0.15, 0.2) is 5.78 Å². The highest BCUT2D eigenvalue weighted by Crippen LogP contribution is 2.24. The molecule has 5 heteroatoms. The van der Waals surface area contributed by atoms with Gasteiger partial charge < -0.3 is 10.1 Å². The van der Waals surface area contributed by atoms with Crippen molar-refractivity contribution < 1.29 is 9.53 Å². The Morgan fingerprint density at radius 3 is 2.68 bits per heavy atom. The predicted octanol–water partition coefficient (Wildman–Crippen LogP) is 1.82. The third kappa shape index (κ3) is 3.26. The summed E-state index contributed by atoms with van der Waals surface area (Å²) in [5.41, 5.74) is 0.563. The molecular weight excluding hydrogens is 264 g/mol. The van der Waals surface area contributed by atoms with Gasteiger partial charge in [-0.25, -0.2) is 0 Å². The van der Waals surface area contributed by atoms with E-state index >= 15 is 0 Å². The van der Waals surface area contributed by atoms with E-state index < -0.39 is 0 Å².